The van der Waals surface area contributed by atoms with E-state index < -0.39 is 21.9 Å². The molecule has 0 aromatic carbocycles. The molecule has 0 spiro atoms. The van der Waals surface area contributed by atoms with Crippen LogP contribution in [-0.2, 0) is 14.9 Å². The summed E-state index contributed by atoms with van der Waals surface area (Å²) in [5.41, 5.74) is 5.45. The molecule has 0 aromatic heterocycles. The molecular formula is C16H33NO4S. The molecule has 3 N–H and O–H groups in total. The van der Waals surface area contributed by atoms with Gasteiger partial charge in [0.25, 0.3) is 10.1 Å². The average molecular weight is 336 g/mol. The zero-order valence-corrected chi connectivity index (χ0v) is 14.7. The van der Waals surface area contributed by atoms with Crippen molar-refractivity contribution in [3.8, 4) is 0 Å². The molecule has 0 aliphatic rings. The lowest BCUT2D eigenvalue weighted by Gasteiger charge is -2.08. The Bertz CT molecular complexity index is 382. The summed E-state index contributed by atoms with van der Waals surface area (Å²) in [4.78, 5) is 11.6. The van der Waals surface area contributed by atoms with E-state index in [4.69, 9.17) is 10.3 Å². The van der Waals surface area contributed by atoms with Gasteiger partial charge in [-0.1, -0.05) is 71.1 Å². The first-order chi connectivity index (χ1) is 10.4. The van der Waals surface area contributed by atoms with E-state index in [-0.39, 0.29) is 5.78 Å². The van der Waals surface area contributed by atoms with Crippen LogP contribution in [0.2, 0.25) is 0 Å². The molecule has 0 radical (unpaired) electrons. The third kappa shape index (κ3) is 14.5. The van der Waals surface area contributed by atoms with Crippen molar-refractivity contribution in [3.05, 3.63) is 0 Å². The van der Waals surface area contributed by atoms with Crippen LogP contribution in [0.25, 0.3) is 0 Å². The lowest BCUT2D eigenvalue weighted by molar-refractivity contribution is -0.120. The third-order valence-electron chi connectivity index (χ3n) is 3.83. The smallest absolute Gasteiger partial charge is 0.266 e. The lowest BCUT2D eigenvalue weighted by atomic mass is 10.0. The second kappa shape index (κ2) is 13.0. The van der Waals surface area contributed by atoms with Crippen LogP contribution in [0.3, 0.4) is 0 Å². The molecular weight excluding hydrogens is 302 g/mol. The van der Waals surface area contributed by atoms with Gasteiger partial charge in [-0.3, -0.25) is 9.35 Å². The fraction of sp³-hybridized carbons (Fsp3) is 0.938. The molecule has 0 amide bonds. The Morgan fingerprint density at radius 3 is 1.73 bits per heavy atom. The number of Topliss-reactive ketones (excluding diaryl/α,β-unsaturated/α-hetero) is 1. The van der Waals surface area contributed by atoms with Crippen molar-refractivity contribution in [3.63, 3.8) is 0 Å². The Kier molecular flexibility index (Phi) is 12.8. The highest BCUT2D eigenvalue weighted by Crippen LogP contribution is 2.12. The minimum atomic E-state index is -4.17. The number of unbranched alkanes of at least 4 members (excludes halogenated alkanes) is 10. The van der Waals surface area contributed by atoms with Gasteiger partial charge in [0.2, 0.25) is 0 Å². The summed E-state index contributed by atoms with van der Waals surface area (Å²) in [6.45, 7) is 2.22. The summed E-state index contributed by atoms with van der Waals surface area (Å²) < 4.78 is 29.9. The van der Waals surface area contributed by atoms with Crippen molar-refractivity contribution < 1.29 is 17.8 Å². The van der Waals surface area contributed by atoms with Crippen molar-refractivity contribution in [1.29, 1.82) is 0 Å². The van der Waals surface area contributed by atoms with E-state index in [1.165, 1.54) is 51.4 Å². The number of nitrogens with two attached hydrogens (primary N) is 1. The fourth-order valence-corrected chi connectivity index (χ4v) is 3.11. The molecule has 0 bridgehead atoms. The molecule has 22 heavy (non-hydrogen) atoms. The highest BCUT2D eigenvalue weighted by Gasteiger charge is 2.19. The topological polar surface area (TPSA) is 97.5 Å². The standard InChI is InChI=1S/C16H33NO4S/c1-2-3-4-5-6-7-8-9-10-11-12-13-16(18)15(17)14-22(19,20)21/h15H,2-14,17H2,1H3,(H,19,20,21). The van der Waals surface area contributed by atoms with Gasteiger partial charge in [-0.15, -0.1) is 0 Å². The maximum absolute atomic E-state index is 11.6. The molecule has 5 nitrogen and oxygen atoms in total. The first-order valence-electron chi connectivity index (χ1n) is 8.60. The van der Waals surface area contributed by atoms with E-state index >= 15 is 0 Å². The maximum atomic E-state index is 11.6. The Labute approximate surface area is 135 Å². The van der Waals surface area contributed by atoms with Gasteiger partial charge in [-0.05, 0) is 6.42 Å². The van der Waals surface area contributed by atoms with Crippen LogP contribution < -0.4 is 5.73 Å². The van der Waals surface area contributed by atoms with Crippen LogP contribution in [0.1, 0.15) is 84.0 Å². The zero-order chi connectivity index (χ0) is 16.8. The fourth-order valence-electron chi connectivity index (χ4n) is 2.47. The van der Waals surface area contributed by atoms with Crippen molar-refractivity contribution in [2.45, 2.75) is 90.0 Å². The Balaban J connectivity index is 3.40. The summed E-state index contributed by atoms with van der Waals surface area (Å²) in [5.74, 6) is -0.960. The molecule has 1 atom stereocenters. The molecule has 132 valence electrons. The minimum Gasteiger partial charge on any atom is -0.321 e. The van der Waals surface area contributed by atoms with Crippen LogP contribution >= 0.6 is 0 Å². The Morgan fingerprint density at radius 2 is 1.32 bits per heavy atom. The van der Waals surface area contributed by atoms with Gasteiger partial charge in [-0.2, -0.15) is 8.42 Å². The molecule has 0 aromatic rings. The van der Waals surface area contributed by atoms with Gasteiger partial charge in [0.1, 0.15) is 0 Å². The summed E-state index contributed by atoms with van der Waals surface area (Å²) in [5, 5.41) is 0. The lowest BCUT2D eigenvalue weighted by Crippen LogP contribution is -2.37. The number of rotatable bonds is 15. The summed E-state index contributed by atoms with van der Waals surface area (Å²) in [6.07, 6.45) is 13.5. The van der Waals surface area contributed by atoms with Crippen LogP contribution in [0.5, 0.6) is 0 Å². The summed E-state index contributed by atoms with van der Waals surface area (Å²) in [7, 11) is -4.17. The monoisotopic (exact) mass is 335 g/mol. The average Bonchev–Trinajstić information content (AvgIpc) is 2.42. The van der Waals surface area contributed by atoms with Crippen LogP contribution in [-0.4, -0.2) is 30.5 Å². The molecule has 6 heteroatoms. The van der Waals surface area contributed by atoms with Gasteiger partial charge in [0.15, 0.2) is 5.78 Å². The van der Waals surface area contributed by atoms with E-state index in [0.717, 1.165) is 19.3 Å². The van der Waals surface area contributed by atoms with E-state index in [1.54, 1.807) is 0 Å². The Hall–Kier alpha value is -0.460. The van der Waals surface area contributed by atoms with Gasteiger partial charge in [0.05, 0.1) is 11.8 Å². The molecule has 0 saturated carbocycles. The number of carbonyl (C=O) groups excluding carboxylic acids is 1. The van der Waals surface area contributed by atoms with Crippen LogP contribution in [0.4, 0.5) is 0 Å². The van der Waals surface area contributed by atoms with Crippen molar-refractivity contribution in [1.82, 2.24) is 0 Å². The number of hydrogen-bond acceptors (Lipinski definition) is 4. The van der Waals surface area contributed by atoms with Gasteiger partial charge in [0, 0.05) is 6.42 Å². The highest BCUT2D eigenvalue weighted by atomic mass is 32.2. The minimum absolute atomic E-state index is 0.284. The summed E-state index contributed by atoms with van der Waals surface area (Å²) in [6, 6.07) is -1.10. The third-order valence-corrected chi connectivity index (χ3v) is 4.61. The number of ketones is 1. The molecule has 0 heterocycles. The van der Waals surface area contributed by atoms with Crippen molar-refractivity contribution in [2.75, 3.05) is 5.75 Å². The van der Waals surface area contributed by atoms with Gasteiger partial charge < -0.3 is 5.73 Å². The maximum Gasteiger partial charge on any atom is 0.266 e. The number of carbonyl (C=O) groups is 1. The second-order valence-corrected chi connectivity index (χ2v) is 7.60. The van der Waals surface area contributed by atoms with Crippen molar-refractivity contribution >= 4 is 15.9 Å². The zero-order valence-electron chi connectivity index (χ0n) is 13.9. The SMILES string of the molecule is CCCCCCCCCCCCCC(=O)C(N)CS(=O)(=O)O. The highest BCUT2D eigenvalue weighted by molar-refractivity contribution is 7.85. The molecule has 0 rings (SSSR count). The molecule has 1 unspecified atom stereocenters. The van der Waals surface area contributed by atoms with E-state index in [9.17, 15) is 13.2 Å². The predicted molar refractivity (Wildman–Crippen MR) is 90.5 cm³/mol. The van der Waals surface area contributed by atoms with E-state index in [0.29, 0.717) is 6.42 Å². The second-order valence-electron chi connectivity index (χ2n) is 6.11. The van der Waals surface area contributed by atoms with E-state index in [1.807, 2.05) is 0 Å². The predicted octanol–water partition coefficient (Wildman–Crippen LogP) is 3.47. The van der Waals surface area contributed by atoms with Crippen LogP contribution in [0.15, 0.2) is 0 Å². The first-order valence-corrected chi connectivity index (χ1v) is 10.2. The molecule has 0 saturated heterocycles. The van der Waals surface area contributed by atoms with Crippen LogP contribution in [0, 0.1) is 0 Å². The number of hydrogen-bond donors (Lipinski definition) is 2. The molecule has 0 fully saturated rings. The van der Waals surface area contributed by atoms with Crippen molar-refractivity contribution in [2.24, 2.45) is 5.73 Å². The van der Waals surface area contributed by atoms with Gasteiger partial charge in [-0.25, -0.2) is 0 Å². The van der Waals surface area contributed by atoms with Gasteiger partial charge >= 0.3 is 0 Å². The Morgan fingerprint density at radius 1 is 0.909 bits per heavy atom. The normalized spacial score (nSPS) is 13.2. The largest absolute Gasteiger partial charge is 0.321 e. The van der Waals surface area contributed by atoms with E-state index in [2.05, 4.69) is 6.92 Å². The molecule has 0 aliphatic carbocycles. The molecule has 0 aliphatic heterocycles. The quantitative estimate of drug-likeness (QED) is 0.353. The summed E-state index contributed by atoms with van der Waals surface area (Å²) >= 11 is 0. The first kappa shape index (κ1) is 21.5.